The van der Waals surface area contributed by atoms with Gasteiger partial charge in [-0.25, -0.2) is 0 Å². The van der Waals surface area contributed by atoms with Gasteiger partial charge >= 0.3 is 5.97 Å². The number of aryl methyl sites for hydroxylation is 1. The van der Waals surface area contributed by atoms with Crippen molar-refractivity contribution in [2.45, 2.75) is 18.3 Å². The lowest BCUT2D eigenvalue weighted by Crippen LogP contribution is -2.33. The number of carboxylic acid groups (broad SMARTS) is 1. The zero-order valence-corrected chi connectivity index (χ0v) is 9.32. The van der Waals surface area contributed by atoms with Crippen molar-refractivity contribution in [3.63, 3.8) is 0 Å². The number of thioether (sulfide) groups is 1. The third-order valence-corrected chi connectivity index (χ3v) is 4.56. The van der Waals surface area contributed by atoms with Crippen LogP contribution in [0.4, 0.5) is 0 Å². The molecule has 76 valence electrons. The second-order valence-corrected chi connectivity index (χ2v) is 5.68. The predicted octanol–water partition coefficient (Wildman–Crippen LogP) is 1.84. The summed E-state index contributed by atoms with van der Waals surface area (Å²) in [5.41, 5.74) is 0. The summed E-state index contributed by atoms with van der Waals surface area (Å²) in [6.45, 7) is 2.06. The van der Waals surface area contributed by atoms with E-state index in [4.69, 9.17) is 5.11 Å². The summed E-state index contributed by atoms with van der Waals surface area (Å²) < 4.78 is 0. The van der Waals surface area contributed by atoms with Crippen LogP contribution in [0.2, 0.25) is 0 Å². The molecule has 1 aliphatic heterocycles. The Morgan fingerprint density at radius 3 is 2.93 bits per heavy atom. The lowest BCUT2D eigenvalue weighted by Gasteiger charge is -2.07. The van der Waals surface area contributed by atoms with Crippen molar-refractivity contribution in [2.24, 2.45) is 0 Å². The molecule has 1 saturated heterocycles. The van der Waals surface area contributed by atoms with Crippen molar-refractivity contribution in [3.05, 3.63) is 21.9 Å². The van der Waals surface area contributed by atoms with Crippen LogP contribution in [0.1, 0.15) is 15.1 Å². The maximum absolute atomic E-state index is 10.7. The Hall–Kier alpha value is -0.520. The summed E-state index contributed by atoms with van der Waals surface area (Å²) in [7, 11) is 0. The van der Waals surface area contributed by atoms with Crippen molar-refractivity contribution in [1.29, 1.82) is 0 Å². The lowest BCUT2D eigenvalue weighted by molar-refractivity contribution is -0.138. The molecule has 0 spiro atoms. The Bertz CT molecular complexity index is 350. The number of nitrogens with one attached hydrogen (secondary N) is 1. The molecule has 2 rings (SSSR count). The average molecular weight is 229 g/mol. The molecule has 0 amide bonds. The first-order valence-electron chi connectivity index (χ1n) is 4.33. The average Bonchev–Trinajstić information content (AvgIpc) is 2.70. The Labute approximate surface area is 90.5 Å². The first-order valence-corrected chi connectivity index (χ1v) is 6.20. The fourth-order valence-corrected chi connectivity index (χ4v) is 3.67. The van der Waals surface area contributed by atoms with Crippen molar-refractivity contribution in [1.82, 2.24) is 5.32 Å². The molecule has 0 aromatic carbocycles. The highest BCUT2D eigenvalue weighted by atomic mass is 32.2. The fourth-order valence-electron chi connectivity index (χ4n) is 1.37. The largest absolute Gasteiger partial charge is 0.480 e. The molecule has 2 atom stereocenters. The molecule has 1 aromatic heterocycles. The molecule has 0 radical (unpaired) electrons. The molecule has 2 heterocycles. The minimum absolute atomic E-state index is 0.162. The van der Waals surface area contributed by atoms with Gasteiger partial charge in [-0.1, -0.05) is 0 Å². The first-order chi connectivity index (χ1) is 6.66. The van der Waals surface area contributed by atoms with Gasteiger partial charge in [0, 0.05) is 15.5 Å². The SMILES string of the molecule is Cc1ccc([C@H]2N[C@@H](C(=O)O)CS2)s1. The minimum atomic E-state index is -0.756. The zero-order chi connectivity index (χ0) is 10.1. The number of thiophene rings is 1. The molecular formula is C9H11NO2S2. The van der Waals surface area contributed by atoms with Crippen molar-refractivity contribution in [2.75, 3.05) is 5.75 Å². The van der Waals surface area contributed by atoms with E-state index < -0.39 is 12.0 Å². The standard InChI is InChI=1S/C9H11NO2S2/c1-5-2-3-7(14-5)8-10-6(4-13-8)9(11)12/h2-3,6,8,10H,4H2,1H3,(H,11,12)/t6-,8+/m1/s1. The predicted molar refractivity (Wildman–Crippen MR) is 58.8 cm³/mol. The van der Waals surface area contributed by atoms with Gasteiger partial charge in [0.2, 0.25) is 0 Å². The van der Waals surface area contributed by atoms with Gasteiger partial charge < -0.3 is 5.11 Å². The van der Waals surface area contributed by atoms with Crippen molar-refractivity contribution in [3.8, 4) is 0 Å². The number of hydrogen-bond acceptors (Lipinski definition) is 4. The number of carboxylic acids is 1. The van der Waals surface area contributed by atoms with Gasteiger partial charge in [-0.2, -0.15) is 0 Å². The zero-order valence-electron chi connectivity index (χ0n) is 7.69. The molecule has 1 aliphatic rings. The van der Waals surface area contributed by atoms with Crippen LogP contribution in [0, 0.1) is 6.92 Å². The molecule has 1 fully saturated rings. The Morgan fingerprint density at radius 2 is 2.43 bits per heavy atom. The summed E-state index contributed by atoms with van der Waals surface area (Å²) in [5, 5.41) is 12.1. The second-order valence-electron chi connectivity index (χ2n) is 3.22. The number of carbonyl (C=O) groups is 1. The van der Waals surface area contributed by atoms with Crippen LogP contribution in [0.25, 0.3) is 0 Å². The summed E-state index contributed by atoms with van der Waals surface area (Å²) >= 11 is 3.39. The molecule has 0 unspecified atom stereocenters. The lowest BCUT2D eigenvalue weighted by atomic mass is 10.3. The van der Waals surface area contributed by atoms with E-state index in [0.29, 0.717) is 5.75 Å². The van der Waals surface area contributed by atoms with Gasteiger partial charge in [-0.15, -0.1) is 23.1 Å². The van der Waals surface area contributed by atoms with Crippen LogP contribution in [-0.4, -0.2) is 22.9 Å². The molecule has 0 bridgehead atoms. The normalized spacial score (nSPS) is 26.6. The highest BCUT2D eigenvalue weighted by molar-refractivity contribution is 7.99. The van der Waals surface area contributed by atoms with E-state index >= 15 is 0 Å². The van der Waals surface area contributed by atoms with Crippen molar-refractivity contribution < 1.29 is 9.90 Å². The van der Waals surface area contributed by atoms with Gasteiger partial charge in [-0.05, 0) is 19.1 Å². The van der Waals surface area contributed by atoms with Gasteiger partial charge in [0.05, 0.1) is 5.37 Å². The number of rotatable bonds is 2. The molecule has 0 aliphatic carbocycles. The molecule has 0 saturated carbocycles. The molecule has 5 heteroatoms. The summed E-state index contributed by atoms with van der Waals surface area (Å²) in [5.74, 6) is -0.106. The van der Waals surface area contributed by atoms with Crippen LogP contribution in [0.5, 0.6) is 0 Å². The van der Waals surface area contributed by atoms with Gasteiger partial charge in [0.1, 0.15) is 6.04 Å². The fraction of sp³-hybridized carbons (Fsp3) is 0.444. The molecule has 2 N–H and O–H groups in total. The minimum Gasteiger partial charge on any atom is -0.480 e. The summed E-state index contributed by atoms with van der Waals surface area (Å²) in [6.07, 6.45) is 0. The van der Waals surface area contributed by atoms with Crippen LogP contribution >= 0.6 is 23.1 Å². The van der Waals surface area contributed by atoms with Gasteiger partial charge in [-0.3, -0.25) is 10.1 Å². The first kappa shape index (κ1) is 10.0. The Balaban J connectivity index is 2.05. The molecule has 3 nitrogen and oxygen atoms in total. The van der Waals surface area contributed by atoms with Crippen LogP contribution in [-0.2, 0) is 4.79 Å². The topological polar surface area (TPSA) is 49.3 Å². The van der Waals surface area contributed by atoms with E-state index in [1.165, 1.54) is 9.75 Å². The quantitative estimate of drug-likeness (QED) is 0.812. The van der Waals surface area contributed by atoms with Gasteiger partial charge in [0.25, 0.3) is 0 Å². The molecule has 14 heavy (non-hydrogen) atoms. The molecule has 1 aromatic rings. The van der Waals surface area contributed by atoms with E-state index in [-0.39, 0.29) is 5.37 Å². The van der Waals surface area contributed by atoms with E-state index in [9.17, 15) is 4.79 Å². The summed E-state index contributed by atoms with van der Waals surface area (Å²) in [6, 6.07) is 3.73. The Kier molecular flexibility index (Phi) is 2.80. The maximum Gasteiger partial charge on any atom is 0.321 e. The highest BCUT2D eigenvalue weighted by Crippen LogP contribution is 2.36. The highest BCUT2D eigenvalue weighted by Gasteiger charge is 2.30. The summed E-state index contributed by atoms with van der Waals surface area (Å²) in [4.78, 5) is 13.2. The van der Waals surface area contributed by atoms with E-state index in [2.05, 4.69) is 24.4 Å². The van der Waals surface area contributed by atoms with Crippen molar-refractivity contribution >= 4 is 29.1 Å². The smallest absolute Gasteiger partial charge is 0.321 e. The monoisotopic (exact) mass is 229 g/mol. The van der Waals surface area contributed by atoms with Crippen LogP contribution in [0.15, 0.2) is 12.1 Å². The third kappa shape index (κ3) is 1.94. The second kappa shape index (κ2) is 3.92. The van der Waals surface area contributed by atoms with Gasteiger partial charge in [0.15, 0.2) is 0 Å². The Morgan fingerprint density at radius 1 is 1.64 bits per heavy atom. The van der Waals surface area contributed by atoms with E-state index in [1.807, 2.05) is 0 Å². The third-order valence-electron chi connectivity index (χ3n) is 2.10. The molecular weight excluding hydrogens is 218 g/mol. The van der Waals surface area contributed by atoms with E-state index in [0.717, 1.165) is 0 Å². The van der Waals surface area contributed by atoms with E-state index in [1.54, 1.807) is 23.1 Å². The maximum atomic E-state index is 10.7. The van der Waals surface area contributed by atoms with Crippen LogP contribution in [0.3, 0.4) is 0 Å². The number of aliphatic carboxylic acids is 1. The number of hydrogen-bond donors (Lipinski definition) is 2. The van der Waals surface area contributed by atoms with Crippen LogP contribution < -0.4 is 5.32 Å².